The third-order valence-electron chi connectivity index (χ3n) is 5.47. The number of carbonyl (C=O) groups is 1. The van der Waals surface area contributed by atoms with Crippen LogP contribution in [0.4, 0.5) is 5.69 Å². The quantitative estimate of drug-likeness (QED) is 0.573. The van der Waals surface area contributed by atoms with Crippen molar-refractivity contribution in [3.05, 3.63) is 76.5 Å². The van der Waals surface area contributed by atoms with E-state index >= 15 is 0 Å². The largest absolute Gasteiger partial charge is 0.368 e. The summed E-state index contributed by atoms with van der Waals surface area (Å²) in [6, 6.07) is 13.4. The Labute approximate surface area is 167 Å². The summed E-state index contributed by atoms with van der Waals surface area (Å²) in [5, 5.41) is 1.00. The third kappa shape index (κ3) is 3.24. The molecule has 4 aromatic rings. The Balaban J connectivity index is 1.31. The van der Waals surface area contributed by atoms with Gasteiger partial charge in [0.1, 0.15) is 11.3 Å². The first-order chi connectivity index (χ1) is 14.1. The number of piperazine rings is 1. The average Bonchev–Trinajstić information content (AvgIpc) is 3.16. The summed E-state index contributed by atoms with van der Waals surface area (Å²) >= 11 is 0. The second-order valence-corrected chi connectivity index (χ2v) is 7.47. The number of pyridine rings is 2. The van der Waals surface area contributed by atoms with Gasteiger partial charge in [-0.05, 0) is 48.9 Å². The molecule has 7 nitrogen and oxygen atoms in total. The molecule has 146 valence electrons. The number of anilines is 1. The molecular formula is C22H21N5O2. The summed E-state index contributed by atoms with van der Waals surface area (Å²) < 4.78 is 1.88. The number of rotatable bonds is 2. The van der Waals surface area contributed by atoms with Gasteiger partial charge in [-0.2, -0.15) is 0 Å². The first-order valence-corrected chi connectivity index (χ1v) is 9.69. The standard InChI is InChI=1S/C22H21N5O2/c1-15-6-7-27-14-19(23-20(27)12-15)22(29)26-10-8-25(9-11-26)17-3-4-18-16(13-17)2-5-21(28)24-18/h2-7,12-14H,8-11H2,1H3,(H,24,28). The SMILES string of the molecule is Cc1ccn2cc(C(=O)N3CCN(c4ccc5[nH]c(=O)ccc5c4)CC3)nc2c1. The lowest BCUT2D eigenvalue weighted by Crippen LogP contribution is -2.48. The topological polar surface area (TPSA) is 73.7 Å². The van der Waals surface area contributed by atoms with Crippen molar-refractivity contribution in [3.63, 3.8) is 0 Å². The highest BCUT2D eigenvalue weighted by molar-refractivity contribution is 5.93. The molecule has 1 aliphatic heterocycles. The summed E-state index contributed by atoms with van der Waals surface area (Å²) in [6.07, 6.45) is 3.73. The number of nitrogens with zero attached hydrogens (tertiary/aromatic N) is 4. The molecule has 1 aromatic carbocycles. The number of benzene rings is 1. The van der Waals surface area contributed by atoms with Gasteiger partial charge in [-0.3, -0.25) is 9.59 Å². The molecule has 1 amide bonds. The van der Waals surface area contributed by atoms with Gasteiger partial charge in [-0.1, -0.05) is 0 Å². The Kier molecular flexibility index (Phi) is 4.08. The molecule has 0 atom stereocenters. The first-order valence-electron chi connectivity index (χ1n) is 9.69. The van der Waals surface area contributed by atoms with Gasteiger partial charge in [0.25, 0.3) is 5.91 Å². The Morgan fingerprint density at radius 2 is 1.86 bits per heavy atom. The summed E-state index contributed by atoms with van der Waals surface area (Å²) in [4.78, 5) is 35.8. The molecule has 0 aliphatic carbocycles. The molecule has 1 fully saturated rings. The first kappa shape index (κ1) is 17.5. The molecule has 0 unspecified atom stereocenters. The molecule has 0 saturated carbocycles. The number of carbonyl (C=O) groups excluding carboxylic acids is 1. The van der Waals surface area contributed by atoms with E-state index in [-0.39, 0.29) is 11.5 Å². The van der Waals surface area contributed by atoms with Gasteiger partial charge >= 0.3 is 0 Å². The molecule has 3 aromatic heterocycles. The van der Waals surface area contributed by atoms with Crippen LogP contribution in [0.1, 0.15) is 16.1 Å². The fourth-order valence-electron chi connectivity index (χ4n) is 3.85. The van der Waals surface area contributed by atoms with Gasteiger partial charge < -0.3 is 19.2 Å². The zero-order valence-corrected chi connectivity index (χ0v) is 16.1. The van der Waals surface area contributed by atoms with Crippen LogP contribution in [-0.2, 0) is 0 Å². The van der Waals surface area contributed by atoms with Crippen molar-refractivity contribution in [2.45, 2.75) is 6.92 Å². The van der Waals surface area contributed by atoms with E-state index in [0.717, 1.165) is 40.9 Å². The maximum Gasteiger partial charge on any atom is 0.274 e. The molecule has 0 radical (unpaired) electrons. The van der Waals surface area contributed by atoms with Crippen LogP contribution in [0.25, 0.3) is 16.6 Å². The monoisotopic (exact) mass is 387 g/mol. The van der Waals surface area contributed by atoms with E-state index < -0.39 is 0 Å². The number of aromatic amines is 1. The highest BCUT2D eigenvalue weighted by Crippen LogP contribution is 2.22. The predicted molar refractivity (Wildman–Crippen MR) is 113 cm³/mol. The molecule has 0 spiro atoms. The fraction of sp³-hybridized carbons (Fsp3) is 0.227. The zero-order chi connectivity index (χ0) is 20.0. The molecule has 1 N–H and O–H groups in total. The normalized spacial score (nSPS) is 14.7. The van der Waals surface area contributed by atoms with Crippen LogP contribution < -0.4 is 10.5 Å². The number of amides is 1. The van der Waals surface area contributed by atoms with Crippen molar-refractivity contribution < 1.29 is 4.79 Å². The third-order valence-corrected chi connectivity index (χ3v) is 5.47. The number of hydrogen-bond donors (Lipinski definition) is 1. The lowest BCUT2D eigenvalue weighted by Gasteiger charge is -2.36. The van der Waals surface area contributed by atoms with Gasteiger partial charge in [-0.15, -0.1) is 0 Å². The van der Waals surface area contributed by atoms with Crippen molar-refractivity contribution in [1.82, 2.24) is 19.3 Å². The van der Waals surface area contributed by atoms with Crippen LogP contribution in [0.5, 0.6) is 0 Å². The molecule has 0 bridgehead atoms. The van der Waals surface area contributed by atoms with Gasteiger partial charge in [0.05, 0.1) is 0 Å². The van der Waals surface area contributed by atoms with E-state index in [4.69, 9.17) is 0 Å². The van der Waals surface area contributed by atoms with E-state index in [1.807, 2.05) is 52.8 Å². The lowest BCUT2D eigenvalue weighted by atomic mass is 10.1. The van der Waals surface area contributed by atoms with E-state index in [1.54, 1.807) is 12.3 Å². The number of fused-ring (bicyclic) bond motifs is 2. The maximum atomic E-state index is 12.9. The molecule has 29 heavy (non-hydrogen) atoms. The number of aromatic nitrogens is 3. The van der Waals surface area contributed by atoms with E-state index in [9.17, 15) is 9.59 Å². The molecule has 4 heterocycles. The Morgan fingerprint density at radius 3 is 2.69 bits per heavy atom. The van der Waals surface area contributed by atoms with Gasteiger partial charge in [0.2, 0.25) is 5.56 Å². The summed E-state index contributed by atoms with van der Waals surface area (Å²) in [6.45, 7) is 4.82. The van der Waals surface area contributed by atoms with Crippen molar-refractivity contribution in [2.75, 3.05) is 31.1 Å². The number of hydrogen-bond acceptors (Lipinski definition) is 4. The van der Waals surface area contributed by atoms with Crippen molar-refractivity contribution >= 4 is 28.1 Å². The molecular weight excluding hydrogens is 366 g/mol. The Morgan fingerprint density at radius 1 is 1.03 bits per heavy atom. The smallest absolute Gasteiger partial charge is 0.274 e. The molecule has 5 rings (SSSR count). The van der Waals surface area contributed by atoms with Crippen LogP contribution >= 0.6 is 0 Å². The average molecular weight is 387 g/mol. The number of aryl methyl sites for hydroxylation is 1. The van der Waals surface area contributed by atoms with Crippen molar-refractivity contribution in [2.24, 2.45) is 0 Å². The second-order valence-electron chi connectivity index (χ2n) is 7.47. The van der Waals surface area contributed by atoms with E-state index in [0.29, 0.717) is 18.8 Å². The predicted octanol–water partition coefficient (Wildman–Crippen LogP) is 2.45. The van der Waals surface area contributed by atoms with Crippen LogP contribution in [-0.4, -0.2) is 51.4 Å². The van der Waals surface area contributed by atoms with Crippen molar-refractivity contribution in [3.8, 4) is 0 Å². The van der Waals surface area contributed by atoms with Gasteiger partial charge in [-0.25, -0.2) is 4.98 Å². The van der Waals surface area contributed by atoms with E-state index in [1.165, 1.54) is 0 Å². The zero-order valence-electron chi connectivity index (χ0n) is 16.1. The van der Waals surface area contributed by atoms with Crippen molar-refractivity contribution in [1.29, 1.82) is 0 Å². The fourth-order valence-corrected chi connectivity index (χ4v) is 3.85. The van der Waals surface area contributed by atoms with E-state index in [2.05, 4.69) is 20.9 Å². The Bertz CT molecular complexity index is 1280. The van der Waals surface area contributed by atoms with Crippen LogP contribution in [0.2, 0.25) is 0 Å². The summed E-state index contributed by atoms with van der Waals surface area (Å²) in [7, 11) is 0. The minimum absolute atomic E-state index is 0.0258. The number of H-pyrrole nitrogens is 1. The van der Waals surface area contributed by atoms with Gasteiger partial charge in [0.15, 0.2) is 0 Å². The van der Waals surface area contributed by atoms with Crippen LogP contribution in [0, 0.1) is 6.92 Å². The summed E-state index contributed by atoms with van der Waals surface area (Å²) in [5.74, 6) is -0.0258. The van der Waals surface area contributed by atoms with Crippen LogP contribution in [0.15, 0.2) is 59.7 Å². The molecule has 1 aliphatic rings. The highest BCUT2D eigenvalue weighted by atomic mass is 16.2. The number of nitrogens with one attached hydrogen (secondary N) is 1. The molecule has 1 saturated heterocycles. The minimum atomic E-state index is -0.0977. The van der Waals surface area contributed by atoms with Gasteiger partial charge in [0, 0.05) is 61.2 Å². The van der Waals surface area contributed by atoms with Crippen LogP contribution in [0.3, 0.4) is 0 Å². The summed E-state index contributed by atoms with van der Waals surface area (Å²) in [5.41, 5.74) is 4.23. The Hall–Kier alpha value is -3.61. The molecule has 7 heteroatoms. The number of imidazole rings is 1. The lowest BCUT2D eigenvalue weighted by molar-refractivity contribution is 0.0741. The minimum Gasteiger partial charge on any atom is -0.368 e. The second kappa shape index (κ2) is 6.77. The highest BCUT2D eigenvalue weighted by Gasteiger charge is 2.24. The maximum absolute atomic E-state index is 12.9.